The van der Waals surface area contributed by atoms with Crippen molar-refractivity contribution in [2.45, 2.75) is 0 Å². The predicted octanol–water partition coefficient (Wildman–Crippen LogP) is 2.59. The number of ether oxygens (including phenoxy) is 2. The number of halogens is 1. The molecule has 0 aliphatic heterocycles. The standard InChI is InChI=1S/C16H14ClN5O3/c1-24-12-6-11(7-13(8-12)25-2)19-16(23)14-4-3-10(17)5-15(14)22-9-18-20-21-22/h3-9H,1-2H3,(H,19,23). The maximum Gasteiger partial charge on any atom is 0.257 e. The number of aromatic nitrogens is 4. The summed E-state index contributed by atoms with van der Waals surface area (Å²) in [6.07, 6.45) is 1.39. The molecule has 0 saturated heterocycles. The van der Waals surface area contributed by atoms with E-state index in [-0.39, 0.29) is 5.91 Å². The molecule has 1 amide bonds. The maximum atomic E-state index is 12.7. The van der Waals surface area contributed by atoms with Gasteiger partial charge < -0.3 is 14.8 Å². The van der Waals surface area contributed by atoms with Crippen LogP contribution >= 0.6 is 11.6 Å². The van der Waals surface area contributed by atoms with Crippen molar-refractivity contribution in [3.63, 3.8) is 0 Å². The van der Waals surface area contributed by atoms with E-state index < -0.39 is 0 Å². The van der Waals surface area contributed by atoms with Gasteiger partial charge in [-0.1, -0.05) is 11.6 Å². The normalized spacial score (nSPS) is 10.4. The van der Waals surface area contributed by atoms with Crippen molar-refractivity contribution in [1.82, 2.24) is 20.2 Å². The first-order valence-electron chi connectivity index (χ1n) is 7.18. The highest BCUT2D eigenvalue weighted by Crippen LogP contribution is 2.27. The number of tetrazole rings is 1. The summed E-state index contributed by atoms with van der Waals surface area (Å²) in [7, 11) is 3.07. The Balaban J connectivity index is 1.95. The van der Waals surface area contributed by atoms with E-state index in [1.807, 2.05) is 0 Å². The number of benzene rings is 2. The number of nitrogens with zero attached hydrogens (tertiary/aromatic N) is 4. The molecule has 0 aliphatic rings. The molecule has 25 heavy (non-hydrogen) atoms. The van der Waals surface area contributed by atoms with Crippen LogP contribution in [0.15, 0.2) is 42.7 Å². The summed E-state index contributed by atoms with van der Waals surface area (Å²) in [6, 6.07) is 9.92. The zero-order chi connectivity index (χ0) is 17.8. The number of hydrogen-bond acceptors (Lipinski definition) is 6. The molecule has 0 aliphatic carbocycles. The molecule has 0 bridgehead atoms. The van der Waals surface area contributed by atoms with Gasteiger partial charge >= 0.3 is 0 Å². The molecule has 1 N–H and O–H groups in total. The van der Waals surface area contributed by atoms with Crippen molar-refractivity contribution in [2.75, 3.05) is 19.5 Å². The summed E-state index contributed by atoms with van der Waals surface area (Å²) in [6.45, 7) is 0. The number of nitrogens with one attached hydrogen (secondary N) is 1. The average Bonchev–Trinajstić information content (AvgIpc) is 3.15. The van der Waals surface area contributed by atoms with Crippen molar-refractivity contribution >= 4 is 23.2 Å². The van der Waals surface area contributed by atoms with Crippen LogP contribution in [0, 0.1) is 0 Å². The summed E-state index contributed by atoms with van der Waals surface area (Å²) < 4.78 is 11.8. The molecule has 0 fully saturated rings. The predicted molar refractivity (Wildman–Crippen MR) is 91.7 cm³/mol. The fraction of sp³-hybridized carbons (Fsp3) is 0.125. The lowest BCUT2D eigenvalue weighted by atomic mass is 10.1. The third-order valence-corrected chi connectivity index (χ3v) is 3.64. The second-order valence-corrected chi connectivity index (χ2v) is 5.41. The zero-order valence-electron chi connectivity index (χ0n) is 13.4. The van der Waals surface area contributed by atoms with Crippen LogP contribution in [0.25, 0.3) is 5.69 Å². The fourth-order valence-corrected chi connectivity index (χ4v) is 2.40. The van der Waals surface area contributed by atoms with E-state index in [2.05, 4.69) is 20.8 Å². The Morgan fingerprint density at radius 3 is 2.44 bits per heavy atom. The van der Waals surface area contributed by atoms with Gasteiger partial charge in [0.25, 0.3) is 5.91 Å². The van der Waals surface area contributed by atoms with E-state index in [0.29, 0.717) is 33.5 Å². The number of carbonyl (C=O) groups excluding carboxylic acids is 1. The highest BCUT2D eigenvalue weighted by atomic mass is 35.5. The molecule has 9 heteroatoms. The van der Waals surface area contributed by atoms with Gasteiger partial charge in [-0.25, -0.2) is 0 Å². The molecular weight excluding hydrogens is 346 g/mol. The van der Waals surface area contributed by atoms with Crippen LogP contribution in [-0.2, 0) is 0 Å². The van der Waals surface area contributed by atoms with Crippen LogP contribution < -0.4 is 14.8 Å². The molecule has 0 unspecified atom stereocenters. The molecule has 0 radical (unpaired) electrons. The number of carbonyl (C=O) groups is 1. The molecule has 3 rings (SSSR count). The Morgan fingerprint density at radius 1 is 1.12 bits per heavy atom. The van der Waals surface area contributed by atoms with Gasteiger partial charge in [-0.05, 0) is 28.6 Å². The van der Waals surface area contributed by atoms with Crippen LogP contribution in [0.4, 0.5) is 5.69 Å². The number of rotatable bonds is 5. The lowest BCUT2D eigenvalue weighted by Gasteiger charge is -2.12. The van der Waals surface area contributed by atoms with Gasteiger partial charge in [0, 0.05) is 28.9 Å². The third kappa shape index (κ3) is 3.69. The summed E-state index contributed by atoms with van der Waals surface area (Å²) in [5, 5.41) is 14.2. The molecule has 3 aromatic rings. The highest BCUT2D eigenvalue weighted by molar-refractivity contribution is 6.31. The molecule has 1 aromatic heterocycles. The lowest BCUT2D eigenvalue weighted by molar-refractivity contribution is 0.102. The minimum Gasteiger partial charge on any atom is -0.497 e. The Bertz CT molecular complexity index is 877. The topological polar surface area (TPSA) is 91.2 Å². The first-order valence-corrected chi connectivity index (χ1v) is 7.56. The monoisotopic (exact) mass is 359 g/mol. The van der Waals surface area contributed by atoms with Gasteiger partial charge in [0.15, 0.2) is 0 Å². The van der Waals surface area contributed by atoms with Crippen molar-refractivity contribution in [3.8, 4) is 17.2 Å². The second kappa shape index (κ2) is 7.18. The zero-order valence-corrected chi connectivity index (χ0v) is 14.2. The molecule has 0 spiro atoms. The minimum atomic E-state index is -0.350. The largest absolute Gasteiger partial charge is 0.497 e. The molecule has 0 saturated carbocycles. The molecule has 1 heterocycles. The lowest BCUT2D eigenvalue weighted by Crippen LogP contribution is -2.15. The number of anilines is 1. The molecule has 2 aromatic carbocycles. The first-order chi connectivity index (χ1) is 12.1. The SMILES string of the molecule is COc1cc(NC(=O)c2ccc(Cl)cc2-n2cnnn2)cc(OC)c1. The van der Waals surface area contributed by atoms with E-state index >= 15 is 0 Å². The van der Waals surface area contributed by atoms with Gasteiger partial charge in [-0.2, -0.15) is 4.68 Å². The van der Waals surface area contributed by atoms with Crippen LogP contribution in [0.2, 0.25) is 5.02 Å². The van der Waals surface area contributed by atoms with Gasteiger partial charge in [0.1, 0.15) is 17.8 Å². The Labute approximate surface area is 148 Å². The minimum absolute atomic E-state index is 0.350. The van der Waals surface area contributed by atoms with Crippen LogP contribution in [0.1, 0.15) is 10.4 Å². The number of methoxy groups -OCH3 is 2. The Morgan fingerprint density at radius 2 is 1.84 bits per heavy atom. The van der Waals surface area contributed by atoms with E-state index in [4.69, 9.17) is 21.1 Å². The van der Waals surface area contributed by atoms with E-state index in [1.54, 1.807) is 36.4 Å². The second-order valence-electron chi connectivity index (χ2n) is 4.97. The van der Waals surface area contributed by atoms with Gasteiger partial charge in [0.05, 0.1) is 25.5 Å². The van der Waals surface area contributed by atoms with Crippen molar-refractivity contribution in [2.24, 2.45) is 0 Å². The summed E-state index contributed by atoms with van der Waals surface area (Å²) in [5.74, 6) is 0.774. The third-order valence-electron chi connectivity index (χ3n) is 3.41. The van der Waals surface area contributed by atoms with Crippen molar-refractivity contribution in [3.05, 3.63) is 53.3 Å². The summed E-state index contributed by atoms with van der Waals surface area (Å²) in [4.78, 5) is 12.7. The average molecular weight is 360 g/mol. The quantitative estimate of drug-likeness (QED) is 0.752. The van der Waals surface area contributed by atoms with E-state index in [1.165, 1.54) is 25.2 Å². The number of hydrogen-bond donors (Lipinski definition) is 1. The van der Waals surface area contributed by atoms with Gasteiger partial charge in [-0.3, -0.25) is 4.79 Å². The Kier molecular flexibility index (Phi) is 4.80. The molecule has 128 valence electrons. The maximum absolute atomic E-state index is 12.7. The van der Waals surface area contributed by atoms with Crippen LogP contribution in [0.5, 0.6) is 11.5 Å². The summed E-state index contributed by atoms with van der Waals surface area (Å²) >= 11 is 6.03. The molecule has 8 nitrogen and oxygen atoms in total. The Hall–Kier alpha value is -3.13. The first kappa shape index (κ1) is 16.7. The number of amides is 1. The fourth-order valence-electron chi connectivity index (χ4n) is 2.24. The van der Waals surface area contributed by atoms with Crippen LogP contribution in [-0.4, -0.2) is 40.3 Å². The van der Waals surface area contributed by atoms with Crippen LogP contribution in [0.3, 0.4) is 0 Å². The highest BCUT2D eigenvalue weighted by Gasteiger charge is 2.15. The van der Waals surface area contributed by atoms with E-state index in [9.17, 15) is 4.79 Å². The molecule has 0 atom stereocenters. The molecular formula is C16H14ClN5O3. The smallest absolute Gasteiger partial charge is 0.257 e. The van der Waals surface area contributed by atoms with Crippen molar-refractivity contribution in [1.29, 1.82) is 0 Å². The van der Waals surface area contributed by atoms with Gasteiger partial charge in [0.2, 0.25) is 0 Å². The van der Waals surface area contributed by atoms with E-state index in [0.717, 1.165) is 0 Å². The summed E-state index contributed by atoms with van der Waals surface area (Å²) in [5.41, 5.74) is 1.35. The van der Waals surface area contributed by atoms with Gasteiger partial charge in [-0.15, -0.1) is 5.10 Å². The van der Waals surface area contributed by atoms with Crippen molar-refractivity contribution < 1.29 is 14.3 Å².